The number of anilines is 1. The summed E-state index contributed by atoms with van der Waals surface area (Å²) < 4.78 is 5.37. The number of hydrogen-bond acceptors (Lipinski definition) is 5. The van der Waals surface area contributed by atoms with Crippen LogP contribution in [0.5, 0.6) is 5.75 Å². The minimum absolute atomic E-state index is 0.119. The molecule has 1 aliphatic rings. The summed E-state index contributed by atoms with van der Waals surface area (Å²) in [4.78, 5) is 16.7. The Balaban J connectivity index is 1.96. The van der Waals surface area contributed by atoms with E-state index < -0.39 is 0 Å². The third-order valence-electron chi connectivity index (χ3n) is 3.95. The standard InChI is InChI=1S/C18H24N4O2/c1-3-21-9-11-22(12-10-21)14-15(13-19)18(23)20-16-5-7-17(8-6-16)24-4-2/h5-8,14H,3-4,9-12H2,1-2H3,(H,20,23)/b15-14-. The van der Waals surface area contributed by atoms with Gasteiger partial charge in [0.05, 0.1) is 6.61 Å². The van der Waals surface area contributed by atoms with Crippen molar-refractivity contribution in [3.63, 3.8) is 0 Å². The molecule has 128 valence electrons. The molecule has 1 aliphatic heterocycles. The lowest BCUT2D eigenvalue weighted by atomic mass is 10.2. The van der Waals surface area contributed by atoms with Crippen molar-refractivity contribution in [2.75, 3.05) is 44.6 Å². The molecule has 1 aromatic rings. The monoisotopic (exact) mass is 328 g/mol. The van der Waals surface area contributed by atoms with Gasteiger partial charge in [0.25, 0.3) is 5.91 Å². The lowest BCUT2D eigenvalue weighted by Gasteiger charge is -2.33. The van der Waals surface area contributed by atoms with Gasteiger partial charge in [0.1, 0.15) is 17.4 Å². The normalized spacial score (nSPS) is 15.7. The largest absolute Gasteiger partial charge is 0.494 e. The first kappa shape index (κ1) is 17.8. The molecule has 1 amide bonds. The van der Waals surface area contributed by atoms with E-state index in [2.05, 4.69) is 17.1 Å². The van der Waals surface area contributed by atoms with Gasteiger partial charge in [0.2, 0.25) is 0 Å². The van der Waals surface area contributed by atoms with Crippen LogP contribution in [0.15, 0.2) is 36.0 Å². The van der Waals surface area contributed by atoms with Crippen molar-refractivity contribution in [3.8, 4) is 11.8 Å². The molecule has 24 heavy (non-hydrogen) atoms. The zero-order chi connectivity index (χ0) is 17.4. The van der Waals surface area contributed by atoms with Crippen LogP contribution in [0.4, 0.5) is 5.69 Å². The molecule has 0 saturated carbocycles. The van der Waals surface area contributed by atoms with E-state index in [4.69, 9.17) is 4.74 Å². The van der Waals surface area contributed by atoms with Crippen LogP contribution in [0.25, 0.3) is 0 Å². The number of carbonyl (C=O) groups is 1. The molecule has 0 radical (unpaired) electrons. The maximum Gasteiger partial charge on any atom is 0.267 e. The Morgan fingerprint density at radius 3 is 2.46 bits per heavy atom. The summed E-state index contributed by atoms with van der Waals surface area (Å²) in [7, 11) is 0. The summed E-state index contributed by atoms with van der Waals surface area (Å²) in [6.07, 6.45) is 1.66. The fourth-order valence-electron chi connectivity index (χ4n) is 2.53. The van der Waals surface area contributed by atoms with E-state index in [-0.39, 0.29) is 11.5 Å². The third-order valence-corrected chi connectivity index (χ3v) is 3.95. The molecule has 6 heteroatoms. The van der Waals surface area contributed by atoms with Gasteiger partial charge >= 0.3 is 0 Å². The molecule has 0 aliphatic carbocycles. The lowest BCUT2D eigenvalue weighted by molar-refractivity contribution is -0.112. The quantitative estimate of drug-likeness (QED) is 0.639. The van der Waals surface area contributed by atoms with E-state index in [0.29, 0.717) is 12.3 Å². The number of piperazine rings is 1. The Morgan fingerprint density at radius 1 is 1.25 bits per heavy atom. The topological polar surface area (TPSA) is 68.6 Å². The Kier molecular flexibility index (Phi) is 6.64. The molecule has 0 unspecified atom stereocenters. The predicted molar refractivity (Wildman–Crippen MR) is 93.6 cm³/mol. The van der Waals surface area contributed by atoms with Crippen LogP contribution in [0.1, 0.15) is 13.8 Å². The zero-order valence-electron chi connectivity index (χ0n) is 14.3. The van der Waals surface area contributed by atoms with Gasteiger partial charge in [0, 0.05) is 38.1 Å². The summed E-state index contributed by atoms with van der Waals surface area (Å²) in [6, 6.07) is 9.10. The summed E-state index contributed by atoms with van der Waals surface area (Å²) >= 11 is 0. The minimum atomic E-state index is -0.389. The molecule has 0 bridgehead atoms. The molecular formula is C18H24N4O2. The summed E-state index contributed by atoms with van der Waals surface area (Å²) in [5, 5.41) is 12.0. The fraction of sp³-hybridized carbons (Fsp3) is 0.444. The molecule has 1 heterocycles. The van der Waals surface area contributed by atoms with Crippen LogP contribution >= 0.6 is 0 Å². The number of carbonyl (C=O) groups excluding carboxylic acids is 1. The van der Waals surface area contributed by atoms with Gasteiger partial charge in [-0.25, -0.2) is 0 Å². The number of ether oxygens (including phenoxy) is 1. The van der Waals surface area contributed by atoms with Crippen molar-refractivity contribution >= 4 is 11.6 Å². The Bertz CT molecular complexity index is 611. The molecule has 2 rings (SSSR count). The van der Waals surface area contributed by atoms with Crippen LogP contribution < -0.4 is 10.1 Å². The highest BCUT2D eigenvalue weighted by atomic mass is 16.5. The van der Waals surface area contributed by atoms with E-state index in [1.54, 1.807) is 30.5 Å². The number of nitrogens with one attached hydrogen (secondary N) is 1. The van der Waals surface area contributed by atoms with E-state index in [0.717, 1.165) is 38.5 Å². The van der Waals surface area contributed by atoms with Crippen LogP contribution in [0.3, 0.4) is 0 Å². The second-order valence-corrected chi connectivity index (χ2v) is 5.54. The van der Waals surface area contributed by atoms with Gasteiger partial charge in [-0.15, -0.1) is 0 Å². The number of hydrogen-bond donors (Lipinski definition) is 1. The second kappa shape index (κ2) is 8.94. The Hall–Kier alpha value is -2.52. The molecular weight excluding hydrogens is 304 g/mol. The summed E-state index contributed by atoms with van der Waals surface area (Å²) in [5.41, 5.74) is 0.759. The SMILES string of the molecule is CCOc1ccc(NC(=O)/C(C#N)=C\N2CCN(CC)CC2)cc1. The average molecular weight is 328 g/mol. The van der Waals surface area contributed by atoms with Crippen molar-refractivity contribution in [1.29, 1.82) is 5.26 Å². The molecule has 1 saturated heterocycles. The van der Waals surface area contributed by atoms with Crippen LogP contribution in [-0.2, 0) is 4.79 Å². The zero-order valence-corrected chi connectivity index (χ0v) is 14.3. The Labute approximate surface area is 143 Å². The van der Waals surface area contributed by atoms with Gasteiger partial charge in [-0.05, 0) is 37.7 Å². The van der Waals surface area contributed by atoms with Gasteiger partial charge in [0.15, 0.2) is 0 Å². The molecule has 6 nitrogen and oxygen atoms in total. The van der Waals surface area contributed by atoms with Crippen molar-refractivity contribution in [1.82, 2.24) is 9.80 Å². The van der Waals surface area contributed by atoms with Gasteiger partial charge in [-0.1, -0.05) is 6.92 Å². The number of nitriles is 1. The number of nitrogens with zero attached hydrogens (tertiary/aromatic N) is 3. The molecule has 1 fully saturated rings. The number of rotatable bonds is 6. The third kappa shape index (κ3) is 5.00. The maximum absolute atomic E-state index is 12.3. The fourth-order valence-corrected chi connectivity index (χ4v) is 2.53. The summed E-state index contributed by atoms with van der Waals surface area (Å²) in [5.74, 6) is 0.361. The maximum atomic E-state index is 12.3. The highest BCUT2D eigenvalue weighted by Gasteiger charge is 2.16. The average Bonchev–Trinajstić information content (AvgIpc) is 2.62. The molecule has 1 aromatic carbocycles. The van der Waals surface area contributed by atoms with Crippen molar-refractivity contribution in [2.45, 2.75) is 13.8 Å². The van der Waals surface area contributed by atoms with E-state index in [9.17, 15) is 10.1 Å². The van der Waals surface area contributed by atoms with E-state index >= 15 is 0 Å². The van der Waals surface area contributed by atoms with Crippen LogP contribution in [0.2, 0.25) is 0 Å². The van der Waals surface area contributed by atoms with Crippen LogP contribution in [-0.4, -0.2) is 55.0 Å². The molecule has 1 N–H and O–H groups in total. The van der Waals surface area contributed by atoms with E-state index in [1.807, 2.05) is 17.9 Å². The number of benzene rings is 1. The van der Waals surface area contributed by atoms with E-state index in [1.165, 1.54) is 0 Å². The molecule has 0 atom stereocenters. The lowest BCUT2D eigenvalue weighted by Crippen LogP contribution is -2.44. The predicted octanol–water partition coefficient (Wildman–Crippen LogP) is 2.07. The first-order valence-electron chi connectivity index (χ1n) is 8.28. The van der Waals surface area contributed by atoms with Crippen molar-refractivity contribution < 1.29 is 9.53 Å². The van der Waals surface area contributed by atoms with Crippen molar-refractivity contribution in [3.05, 3.63) is 36.0 Å². The van der Waals surface area contributed by atoms with Crippen LogP contribution in [0, 0.1) is 11.3 Å². The minimum Gasteiger partial charge on any atom is -0.494 e. The van der Waals surface area contributed by atoms with Gasteiger partial charge in [-0.2, -0.15) is 5.26 Å². The second-order valence-electron chi connectivity index (χ2n) is 5.54. The highest BCUT2D eigenvalue weighted by molar-refractivity contribution is 6.06. The first-order valence-corrected chi connectivity index (χ1v) is 8.28. The molecule has 0 spiro atoms. The first-order chi connectivity index (χ1) is 11.7. The molecule has 0 aromatic heterocycles. The summed E-state index contributed by atoms with van der Waals surface area (Å²) in [6.45, 7) is 9.23. The van der Waals surface area contributed by atoms with Gasteiger partial charge < -0.3 is 19.9 Å². The Morgan fingerprint density at radius 2 is 1.92 bits per heavy atom. The van der Waals surface area contributed by atoms with Gasteiger partial charge in [-0.3, -0.25) is 4.79 Å². The van der Waals surface area contributed by atoms with Crippen molar-refractivity contribution in [2.24, 2.45) is 0 Å². The smallest absolute Gasteiger partial charge is 0.267 e. The number of likely N-dealkylation sites (N-methyl/N-ethyl adjacent to an activating group) is 1. The highest BCUT2D eigenvalue weighted by Crippen LogP contribution is 2.16. The number of amides is 1.